The van der Waals surface area contributed by atoms with Crippen molar-refractivity contribution in [3.8, 4) is 0 Å². The van der Waals surface area contributed by atoms with E-state index in [-0.39, 0.29) is 11.7 Å². The normalized spacial score (nSPS) is 23.3. The van der Waals surface area contributed by atoms with E-state index < -0.39 is 5.60 Å². The van der Waals surface area contributed by atoms with E-state index in [1.54, 1.807) is 0 Å². The standard InChI is InChI=1S/C15H27NO3/c1-14(2,3)19-13(17)16-10-5-12(6-11-16)4-7-15(18)8-9-15/h12,18H,4-11H2,1-3H3. The average molecular weight is 269 g/mol. The van der Waals surface area contributed by atoms with Crippen LogP contribution in [0.2, 0.25) is 0 Å². The summed E-state index contributed by atoms with van der Waals surface area (Å²) in [5, 5.41) is 9.84. The van der Waals surface area contributed by atoms with E-state index in [1.165, 1.54) is 0 Å². The molecule has 1 amide bonds. The predicted molar refractivity (Wildman–Crippen MR) is 73.9 cm³/mol. The van der Waals surface area contributed by atoms with Gasteiger partial charge in [-0.3, -0.25) is 0 Å². The van der Waals surface area contributed by atoms with Gasteiger partial charge in [0.2, 0.25) is 0 Å². The first-order valence-electron chi connectivity index (χ1n) is 7.48. The maximum atomic E-state index is 11.9. The maximum absolute atomic E-state index is 11.9. The average Bonchev–Trinajstić information content (AvgIpc) is 3.04. The number of likely N-dealkylation sites (tertiary alicyclic amines) is 1. The van der Waals surface area contributed by atoms with E-state index in [0.717, 1.165) is 51.6 Å². The smallest absolute Gasteiger partial charge is 0.410 e. The first-order valence-corrected chi connectivity index (χ1v) is 7.48. The molecule has 2 rings (SSSR count). The number of rotatable bonds is 3. The van der Waals surface area contributed by atoms with Crippen molar-refractivity contribution in [3.63, 3.8) is 0 Å². The molecule has 0 aromatic heterocycles. The number of piperidine rings is 1. The van der Waals surface area contributed by atoms with Gasteiger partial charge in [0.05, 0.1) is 5.60 Å². The molecule has 0 aromatic carbocycles. The second-order valence-corrected chi connectivity index (χ2v) is 7.17. The van der Waals surface area contributed by atoms with Gasteiger partial charge in [-0.25, -0.2) is 4.79 Å². The zero-order chi connectivity index (χ0) is 14.1. The van der Waals surface area contributed by atoms with Gasteiger partial charge in [0.15, 0.2) is 0 Å². The Bertz CT molecular complexity index is 323. The van der Waals surface area contributed by atoms with Crippen molar-refractivity contribution in [1.82, 2.24) is 4.90 Å². The fourth-order valence-electron chi connectivity index (χ4n) is 2.60. The maximum Gasteiger partial charge on any atom is 0.410 e. The predicted octanol–water partition coefficient (Wildman–Crippen LogP) is 2.94. The van der Waals surface area contributed by atoms with Gasteiger partial charge < -0.3 is 14.7 Å². The van der Waals surface area contributed by atoms with Crippen molar-refractivity contribution in [1.29, 1.82) is 0 Å². The van der Waals surface area contributed by atoms with Crippen LogP contribution in [0.5, 0.6) is 0 Å². The Balaban J connectivity index is 1.68. The molecule has 0 bridgehead atoms. The molecule has 0 aromatic rings. The van der Waals surface area contributed by atoms with E-state index in [4.69, 9.17) is 4.74 Å². The topological polar surface area (TPSA) is 49.8 Å². The Kier molecular flexibility index (Phi) is 4.09. The lowest BCUT2D eigenvalue weighted by Crippen LogP contribution is -2.41. The number of aliphatic hydroxyl groups is 1. The van der Waals surface area contributed by atoms with Gasteiger partial charge in [0, 0.05) is 13.1 Å². The van der Waals surface area contributed by atoms with Gasteiger partial charge in [-0.1, -0.05) is 0 Å². The molecule has 1 aliphatic heterocycles. The highest BCUT2D eigenvalue weighted by Crippen LogP contribution is 2.41. The molecule has 1 saturated carbocycles. The largest absolute Gasteiger partial charge is 0.444 e. The SMILES string of the molecule is CC(C)(C)OC(=O)N1CCC(CCC2(O)CC2)CC1. The second-order valence-electron chi connectivity index (χ2n) is 7.17. The Morgan fingerprint density at radius 2 is 1.89 bits per heavy atom. The molecule has 1 heterocycles. The quantitative estimate of drug-likeness (QED) is 0.857. The third-order valence-corrected chi connectivity index (χ3v) is 4.11. The van der Waals surface area contributed by atoms with Crippen molar-refractivity contribution in [3.05, 3.63) is 0 Å². The number of hydrogen-bond donors (Lipinski definition) is 1. The summed E-state index contributed by atoms with van der Waals surface area (Å²) in [5.74, 6) is 0.656. The molecule has 4 heteroatoms. The van der Waals surface area contributed by atoms with Crippen LogP contribution in [0.25, 0.3) is 0 Å². The molecule has 0 unspecified atom stereocenters. The van der Waals surface area contributed by atoms with E-state index in [0.29, 0.717) is 5.92 Å². The van der Waals surface area contributed by atoms with Crippen LogP contribution >= 0.6 is 0 Å². The molecule has 1 N–H and O–H groups in total. The zero-order valence-electron chi connectivity index (χ0n) is 12.4. The Hall–Kier alpha value is -0.770. The van der Waals surface area contributed by atoms with E-state index in [2.05, 4.69) is 0 Å². The van der Waals surface area contributed by atoms with Gasteiger partial charge in [0.25, 0.3) is 0 Å². The molecule has 1 saturated heterocycles. The Labute approximate surface area is 116 Å². The monoisotopic (exact) mass is 269 g/mol. The molecule has 0 spiro atoms. The van der Waals surface area contributed by atoms with Crippen LogP contribution in [-0.4, -0.2) is 40.4 Å². The number of ether oxygens (including phenoxy) is 1. The first-order chi connectivity index (χ1) is 8.77. The fraction of sp³-hybridized carbons (Fsp3) is 0.933. The third kappa shape index (κ3) is 4.68. The van der Waals surface area contributed by atoms with Crippen molar-refractivity contribution < 1.29 is 14.6 Å². The number of nitrogens with zero attached hydrogens (tertiary/aromatic N) is 1. The Morgan fingerprint density at radius 3 is 2.37 bits per heavy atom. The van der Waals surface area contributed by atoms with Crippen LogP contribution in [-0.2, 0) is 4.74 Å². The summed E-state index contributed by atoms with van der Waals surface area (Å²) in [7, 11) is 0. The number of carbonyl (C=O) groups is 1. The minimum Gasteiger partial charge on any atom is -0.444 e. The number of carbonyl (C=O) groups excluding carboxylic acids is 1. The number of amides is 1. The van der Waals surface area contributed by atoms with Crippen LogP contribution in [0.4, 0.5) is 4.79 Å². The van der Waals surface area contributed by atoms with Crippen LogP contribution in [0, 0.1) is 5.92 Å². The van der Waals surface area contributed by atoms with Crippen LogP contribution in [0.15, 0.2) is 0 Å². The van der Waals surface area contributed by atoms with Crippen LogP contribution < -0.4 is 0 Å². The minimum atomic E-state index is -0.414. The molecular formula is C15H27NO3. The third-order valence-electron chi connectivity index (χ3n) is 4.11. The molecule has 1 aliphatic carbocycles. The van der Waals surface area contributed by atoms with Crippen molar-refractivity contribution in [2.75, 3.05) is 13.1 Å². The van der Waals surface area contributed by atoms with Crippen molar-refractivity contribution in [2.24, 2.45) is 5.92 Å². The van der Waals surface area contributed by atoms with Gasteiger partial charge in [0.1, 0.15) is 5.60 Å². The first kappa shape index (κ1) is 14.6. The summed E-state index contributed by atoms with van der Waals surface area (Å²) in [5.41, 5.74) is -0.745. The van der Waals surface area contributed by atoms with Gasteiger partial charge in [-0.15, -0.1) is 0 Å². The molecule has 4 nitrogen and oxygen atoms in total. The molecule has 0 radical (unpaired) electrons. The van der Waals surface area contributed by atoms with E-state index in [9.17, 15) is 9.90 Å². The summed E-state index contributed by atoms with van der Waals surface area (Å²) in [6, 6.07) is 0. The number of hydrogen-bond acceptors (Lipinski definition) is 3. The van der Waals surface area contributed by atoms with E-state index >= 15 is 0 Å². The lowest BCUT2D eigenvalue weighted by Gasteiger charge is -2.33. The highest BCUT2D eigenvalue weighted by Gasteiger charge is 2.40. The highest BCUT2D eigenvalue weighted by molar-refractivity contribution is 5.68. The summed E-state index contributed by atoms with van der Waals surface area (Å²) in [4.78, 5) is 13.7. The summed E-state index contributed by atoms with van der Waals surface area (Å²) < 4.78 is 5.38. The fourth-order valence-corrected chi connectivity index (χ4v) is 2.60. The second kappa shape index (κ2) is 5.31. The minimum absolute atomic E-state index is 0.188. The molecule has 110 valence electrons. The Morgan fingerprint density at radius 1 is 1.32 bits per heavy atom. The van der Waals surface area contributed by atoms with Gasteiger partial charge in [-0.2, -0.15) is 0 Å². The lowest BCUT2D eigenvalue weighted by molar-refractivity contribution is 0.0172. The van der Waals surface area contributed by atoms with Gasteiger partial charge >= 0.3 is 6.09 Å². The molecule has 19 heavy (non-hydrogen) atoms. The summed E-state index contributed by atoms with van der Waals surface area (Å²) in [6.07, 6.45) is 5.87. The van der Waals surface area contributed by atoms with Crippen molar-refractivity contribution >= 4 is 6.09 Å². The van der Waals surface area contributed by atoms with Crippen LogP contribution in [0.1, 0.15) is 59.3 Å². The summed E-state index contributed by atoms with van der Waals surface area (Å²) in [6.45, 7) is 7.27. The van der Waals surface area contributed by atoms with Crippen LogP contribution in [0.3, 0.4) is 0 Å². The molecule has 2 aliphatic rings. The molecule has 0 atom stereocenters. The van der Waals surface area contributed by atoms with Gasteiger partial charge in [-0.05, 0) is 65.2 Å². The van der Waals surface area contributed by atoms with E-state index in [1.807, 2.05) is 25.7 Å². The molecule has 2 fully saturated rings. The summed E-state index contributed by atoms with van der Waals surface area (Å²) >= 11 is 0. The van der Waals surface area contributed by atoms with Crippen molar-refractivity contribution in [2.45, 2.75) is 70.5 Å². The lowest BCUT2D eigenvalue weighted by atomic mass is 9.91. The zero-order valence-corrected chi connectivity index (χ0v) is 12.4. The highest BCUT2D eigenvalue weighted by atomic mass is 16.6. The molecular weight excluding hydrogens is 242 g/mol.